The minimum absolute atomic E-state index is 0.970. The Kier molecular flexibility index (Phi) is 6.78. The van der Waals surface area contributed by atoms with Gasteiger partial charge in [-0.25, -0.2) is 0 Å². The monoisotopic (exact) mass is 424 g/mol. The Labute approximate surface area is 187 Å². The van der Waals surface area contributed by atoms with Crippen LogP contribution in [0.4, 0.5) is 0 Å². The molecule has 4 rings (SSSR count). The second-order valence-electron chi connectivity index (χ2n) is 7.14. The van der Waals surface area contributed by atoms with Gasteiger partial charge in [0.05, 0.1) is 0 Å². The molecule has 0 bridgehead atoms. The number of thioether (sulfide) groups is 2. The van der Waals surface area contributed by atoms with Gasteiger partial charge >= 0.3 is 0 Å². The Hall–Kier alpha value is -2.68. The lowest BCUT2D eigenvalue weighted by Gasteiger charge is -2.07. The van der Waals surface area contributed by atoms with Crippen LogP contribution in [-0.4, -0.2) is 0 Å². The average molecular weight is 425 g/mol. The Balaban J connectivity index is 1.43. The number of hydrogen-bond donors (Lipinski definition) is 0. The fourth-order valence-electron chi connectivity index (χ4n) is 3.22. The molecule has 0 aliphatic rings. The van der Waals surface area contributed by atoms with Gasteiger partial charge in [-0.2, -0.15) is 0 Å². The first-order chi connectivity index (χ1) is 14.7. The smallest absolute Gasteiger partial charge is 0.0232 e. The first-order valence-corrected chi connectivity index (χ1v) is 11.9. The van der Waals surface area contributed by atoms with Crippen LogP contribution in [0.1, 0.15) is 22.3 Å². The van der Waals surface area contributed by atoms with E-state index in [0.29, 0.717) is 0 Å². The van der Waals surface area contributed by atoms with Crippen LogP contribution in [0.3, 0.4) is 0 Å². The van der Waals surface area contributed by atoms with Crippen LogP contribution in [0, 0.1) is 0 Å². The van der Waals surface area contributed by atoms with Crippen molar-refractivity contribution in [3.05, 3.63) is 120 Å². The first-order valence-electron chi connectivity index (χ1n) is 9.96. The highest BCUT2D eigenvalue weighted by Gasteiger charge is 2.03. The van der Waals surface area contributed by atoms with E-state index in [1.165, 1.54) is 31.7 Å². The van der Waals surface area contributed by atoms with E-state index in [1.54, 1.807) is 0 Å². The molecule has 0 N–H and O–H groups in total. The summed E-state index contributed by atoms with van der Waals surface area (Å²) >= 11 is 3.76. The molecular weight excluding hydrogens is 400 g/mol. The van der Waals surface area contributed by atoms with E-state index in [2.05, 4.69) is 98.1 Å². The zero-order valence-electron chi connectivity index (χ0n) is 16.9. The van der Waals surface area contributed by atoms with Gasteiger partial charge in [-0.1, -0.05) is 86.0 Å². The minimum atomic E-state index is 0.970. The Morgan fingerprint density at radius 2 is 0.967 bits per heavy atom. The molecule has 0 saturated carbocycles. The van der Waals surface area contributed by atoms with E-state index < -0.39 is 0 Å². The highest BCUT2D eigenvalue weighted by atomic mass is 32.2. The molecule has 0 heterocycles. The summed E-state index contributed by atoms with van der Waals surface area (Å²) in [5.41, 5.74) is 4.99. The molecule has 0 fully saturated rings. The van der Waals surface area contributed by atoms with Crippen molar-refractivity contribution in [2.45, 2.75) is 21.3 Å². The molecule has 0 saturated heterocycles. The van der Waals surface area contributed by atoms with Gasteiger partial charge in [0.1, 0.15) is 0 Å². The Morgan fingerprint density at radius 1 is 0.533 bits per heavy atom. The maximum atomic E-state index is 3.82. The number of benzene rings is 4. The molecule has 148 valence electrons. The second kappa shape index (κ2) is 9.88. The molecule has 2 heteroatoms. The van der Waals surface area contributed by atoms with Gasteiger partial charge in [0.15, 0.2) is 0 Å². The van der Waals surface area contributed by atoms with E-state index in [0.717, 1.165) is 22.6 Å². The van der Waals surface area contributed by atoms with Gasteiger partial charge in [0.2, 0.25) is 0 Å². The van der Waals surface area contributed by atoms with E-state index in [1.807, 2.05) is 35.7 Å². The van der Waals surface area contributed by atoms with Crippen molar-refractivity contribution < 1.29 is 0 Å². The second-order valence-corrected chi connectivity index (χ2v) is 9.24. The zero-order valence-corrected chi connectivity index (χ0v) is 18.5. The lowest BCUT2D eigenvalue weighted by molar-refractivity contribution is 1.37. The number of rotatable bonds is 8. The molecule has 30 heavy (non-hydrogen) atoms. The molecule has 0 amide bonds. The summed E-state index contributed by atoms with van der Waals surface area (Å²) in [6, 6.07) is 30.7. The highest BCUT2D eigenvalue weighted by molar-refractivity contribution is 7.98. The van der Waals surface area contributed by atoms with Crippen LogP contribution >= 0.6 is 23.5 Å². The molecular formula is C28H24S2. The molecule has 0 aliphatic heterocycles. The van der Waals surface area contributed by atoms with Crippen LogP contribution in [-0.2, 0) is 11.5 Å². The zero-order chi connectivity index (χ0) is 20.8. The summed E-state index contributed by atoms with van der Waals surface area (Å²) in [6.07, 6.45) is 3.76. The van der Waals surface area contributed by atoms with Crippen molar-refractivity contribution in [3.8, 4) is 0 Å². The maximum Gasteiger partial charge on any atom is 0.0232 e. The van der Waals surface area contributed by atoms with Gasteiger partial charge in [-0.05, 0) is 57.3 Å². The van der Waals surface area contributed by atoms with Crippen molar-refractivity contribution in [1.82, 2.24) is 0 Å². The normalized spacial score (nSPS) is 10.8. The van der Waals surface area contributed by atoms with Crippen molar-refractivity contribution in [1.29, 1.82) is 0 Å². The molecule has 0 radical (unpaired) electrons. The summed E-state index contributed by atoms with van der Waals surface area (Å²) in [7, 11) is 0. The van der Waals surface area contributed by atoms with Crippen LogP contribution in [0.25, 0.3) is 22.9 Å². The topological polar surface area (TPSA) is 0 Å². The largest absolute Gasteiger partial charge is 0.121 e. The molecule has 0 atom stereocenters. The maximum absolute atomic E-state index is 3.82. The standard InChI is InChI=1S/C28H24S2/c1-3-21-5-9-23(10-6-21)19-29-27-15-13-25-14-16-28(18-26(25)17-27)30-20-24-11-7-22(4-2)8-12-24/h3-18H,1-2,19-20H2. The molecule has 0 spiro atoms. The van der Waals surface area contributed by atoms with Gasteiger partial charge in [0.25, 0.3) is 0 Å². The number of hydrogen-bond acceptors (Lipinski definition) is 2. The molecule has 0 aliphatic carbocycles. The van der Waals surface area contributed by atoms with Crippen LogP contribution in [0.2, 0.25) is 0 Å². The van der Waals surface area contributed by atoms with Crippen molar-refractivity contribution in [2.75, 3.05) is 0 Å². The van der Waals surface area contributed by atoms with E-state index >= 15 is 0 Å². The third-order valence-electron chi connectivity index (χ3n) is 5.03. The van der Waals surface area contributed by atoms with Crippen molar-refractivity contribution >= 4 is 46.4 Å². The third-order valence-corrected chi connectivity index (χ3v) is 7.15. The van der Waals surface area contributed by atoms with Crippen LogP contribution < -0.4 is 0 Å². The lowest BCUT2D eigenvalue weighted by Crippen LogP contribution is -1.83. The van der Waals surface area contributed by atoms with Gasteiger partial charge in [-0.15, -0.1) is 23.5 Å². The third kappa shape index (κ3) is 5.27. The summed E-state index contributed by atoms with van der Waals surface area (Å²) in [5.74, 6) is 1.94. The van der Waals surface area contributed by atoms with Crippen molar-refractivity contribution in [2.24, 2.45) is 0 Å². The van der Waals surface area contributed by atoms with Gasteiger partial charge in [0, 0.05) is 21.3 Å². The number of fused-ring (bicyclic) bond motifs is 1. The summed E-state index contributed by atoms with van der Waals surface area (Å²) in [6.45, 7) is 7.63. The first kappa shape index (κ1) is 20.6. The molecule has 4 aromatic rings. The summed E-state index contributed by atoms with van der Waals surface area (Å²) in [5, 5.41) is 2.59. The quantitative estimate of drug-likeness (QED) is 0.259. The lowest BCUT2D eigenvalue weighted by atomic mass is 10.1. The van der Waals surface area contributed by atoms with Crippen LogP contribution in [0.5, 0.6) is 0 Å². The molecule has 4 aromatic carbocycles. The summed E-state index contributed by atoms with van der Waals surface area (Å²) < 4.78 is 0. The Bertz CT molecular complexity index is 1070. The molecule has 0 unspecified atom stereocenters. The van der Waals surface area contributed by atoms with Gasteiger partial charge < -0.3 is 0 Å². The molecule has 0 nitrogen and oxygen atoms in total. The fraction of sp³-hybridized carbons (Fsp3) is 0.0714. The average Bonchev–Trinajstić information content (AvgIpc) is 2.81. The van der Waals surface area contributed by atoms with E-state index in [9.17, 15) is 0 Å². The molecule has 0 aromatic heterocycles. The summed E-state index contributed by atoms with van der Waals surface area (Å²) in [4.78, 5) is 2.61. The van der Waals surface area contributed by atoms with Gasteiger partial charge in [-0.3, -0.25) is 0 Å². The van der Waals surface area contributed by atoms with E-state index in [-0.39, 0.29) is 0 Å². The SMILES string of the molecule is C=Cc1ccc(CSc2ccc3ccc(SCc4ccc(C=C)cc4)cc3c2)cc1. The predicted octanol–water partition coefficient (Wildman–Crippen LogP) is 8.71. The van der Waals surface area contributed by atoms with Crippen LogP contribution in [0.15, 0.2) is 108 Å². The minimum Gasteiger partial charge on any atom is -0.121 e. The van der Waals surface area contributed by atoms with Crippen molar-refractivity contribution in [3.63, 3.8) is 0 Å². The predicted molar refractivity (Wildman–Crippen MR) is 136 cm³/mol. The highest BCUT2D eigenvalue weighted by Crippen LogP contribution is 2.30. The Morgan fingerprint density at radius 3 is 1.37 bits per heavy atom. The van der Waals surface area contributed by atoms with E-state index in [4.69, 9.17) is 0 Å². The fourth-order valence-corrected chi connectivity index (χ4v) is 5.02.